The highest BCUT2D eigenvalue weighted by Gasteiger charge is 2.03. The fourth-order valence-electron chi connectivity index (χ4n) is 2.54. The number of unbranched alkanes of at least 4 members (excludes halogenated alkanes) is 2. The summed E-state index contributed by atoms with van der Waals surface area (Å²) in [5.74, 6) is -0.396. The van der Waals surface area contributed by atoms with E-state index in [9.17, 15) is 4.79 Å². The van der Waals surface area contributed by atoms with Crippen molar-refractivity contribution in [3.63, 3.8) is 0 Å². The number of esters is 1. The Labute approximate surface area is 149 Å². The Morgan fingerprint density at radius 3 is 2.72 bits per heavy atom. The number of anilines is 2. The van der Waals surface area contributed by atoms with E-state index < -0.39 is 5.97 Å². The molecule has 2 aromatic carbocycles. The molecule has 0 radical (unpaired) electrons. The van der Waals surface area contributed by atoms with Crippen LogP contribution in [0.1, 0.15) is 42.9 Å². The molecule has 0 fully saturated rings. The quantitative estimate of drug-likeness (QED) is 0.325. The van der Waals surface area contributed by atoms with Gasteiger partial charge in [-0.3, -0.25) is 0 Å². The standard InChI is InChI=1S/C21H26N2O2/c1-2-3-4-6-16-7-5-8-17(13-16)9-12-21(24)25-15-18-10-11-19(22)14-20(18)23/h5,7-14H,2-4,6,15,22-23H2,1H3. The molecule has 0 aliphatic rings. The van der Waals surface area contributed by atoms with E-state index in [1.807, 2.05) is 12.1 Å². The predicted octanol–water partition coefficient (Wildman–Crippen LogP) is 4.34. The molecule has 2 rings (SSSR count). The monoisotopic (exact) mass is 338 g/mol. The summed E-state index contributed by atoms with van der Waals surface area (Å²) in [6.07, 6.45) is 7.92. The maximum Gasteiger partial charge on any atom is 0.331 e. The first-order chi connectivity index (χ1) is 12.1. The van der Waals surface area contributed by atoms with E-state index >= 15 is 0 Å². The van der Waals surface area contributed by atoms with Crippen molar-refractivity contribution in [1.29, 1.82) is 0 Å². The van der Waals surface area contributed by atoms with Crippen molar-refractivity contribution in [1.82, 2.24) is 0 Å². The number of hydrogen-bond acceptors (Lipinski definition) is 4. The zero-order chi connectivity index (χ0) is 18.1. The van der Waals surface area contributed by atoms with E-state index in [1.54, 1.807) is 24.3 Å². The molecule has 0 aliphatic carbocycles. The number of carbonyl (C=O) groups is 1. The maximum atomic E-state index is 11.9. The minimum Gasteiger partial charge on any atom is -0.458 e. The number of ether oxygens (including phenoxy) is 1. The fourth-order valence-corrected chi connectivity index (χ4v) is 2.54. The van der Waals surface area contributed by atoms with E-state index in [0.717, 1.165) is 17.5 Å². The van der Waals surface area contributed by atoms with Crippen LogP contribution in [0.3, 0.4) is 0 Å². The van der Waals surface area contributed by atoms with Gasteiger partial charge in [-0.25, -0.2) is 4.79 Å². The average molecular weight is 338 g/mol. The molecule has 4 N–H and O–H groups in total. The van der Waals surface area contributed by atoms with Gasteiger partial charge in [0.15, 0.2) is 0 Å². The highest BCUT2D eigenvalue weighted by Crippen LogP contribution is 2.17. The molecular weight excluding hydrogens is 312 g/mol. The molecule has 0 bridgehead atoms. The van der Waals surface area contributed by atoms with Gasteiger partial charge in [0.2, 0.25) is 0 Å². The highest BCUT2D eigenvalue weighted by molar-refractivity contribution is 5.87. The molecule has 0 spiro atoms. The van der Waals surface area contributed by atoms with Crippen molar-refractivity contribution in [2.75, 3.05) is 11.5 Å². The van der Waals surface area contributed by atoms with Gasteiger partial charge in [0.25, 0.3) is 0 Å². The number of nitrogen functional groups attached to an aromatic ring is 2. The van der Waals surface area contributed by atoms with Crippen LogP contribution >= 0.6 is 0 Å². The van der Waals surface area contributed by atoms with Crippen LogP contribution in [0.5, 0.6) is 0 Å². The maximum absolute atomic E-state index is 11.9. The Hall–Kier alpha value is -2.75. The minimum absolute atomic E-state index is 0.131. The lowest BCUT2D eigenvalue weighted by Gasteiger charge is -2.06. The van der Waals surface area contributed by atoms with Gasteiger partial charge in [-0.2, -0.15) is 0 Å². The summed E-state index contributed by atoms with van der Waals surface area (Å²) in [5, 5.41) is 0. The van der Waals surface area contributed by atoms with Crippen LogP contribution in [0.4, 0.5) is 11.4 Å². The van der Waals surface area contributed by atoms with Crippen LogP contribution in [-0.2, 0) is 22.6 Å². The Balaban J connectivity index is 1.88. The van der Waals surface area contributed by atoms with Gasteiger partial charge in [-0.1, -0.05) is 50.1 Å². The summed E-state index contributed by atoms with van der Waals surface area (Å²) in [6.45, 7) is 2.33. The van der Waals surface area contributed by atoms with Crippen molar-refractivity contribution >= 4 is 23.4 Å². The fraction of sp³-hybridized carbons (Fsp3) is 0.286. The van der Waals surface area contributed by atoms with Gasteiger partial charge in [0, 0.05) is 23.0 Å². The Morgan fingerprint density at radius 2 is 1.96 bits per heavy atom. The van der Waals surface area contributed by atoms with Gasteiger partial charge < -0.3 is 16.2 Å². The predicted molar refractivity (Wildman–Crippen MR) is 104 cm³/mol. The van der Waals surface area contributed by atoms with Gasteiger partial charge >= 0.3 is 5.97 Å². The highest BCUT2D eigenvalue weighted by atomic mass is 16.5. The molecule has 0 unspecified atom stereocenters. The number of carbonyl (C=O) groups excluding carboxylic acids is 1. The Bertz CT molecular complexity index is 738. The lowest BCUT2D eigenvalue weighted by Crippen LogP contribution is -2.03. The van der Waals surface area contributed by atoms with E-state index in [1.165, 1.54) is 30.9 Å². The lowest BCUT2D eigenvalue weighted by molar-refractivity contribution is -0.138. The molecule has 2 aromatic rings. The molecule has 0 saturated carbocycles. The topological polar surface area (TPSA) is 78.3 Å². The Morgan fingerprint density at radius 1 is 1.12 bits per heavy atom. The first-order valence-corrected chi connectivity index (χ1v) is 8.66. The van der Waals surface area contributed by atoms with Crippen molar-refractivity contribution in [2.45, 2.75) is 39.2 Å². The normalized spacial score (nSPS) is 10.9. The van der Waals surface area contributed by atoms with Gasteiger partial charge in [-0.15, -0.1) is 0 Å². The summed E-state index contributed by atoms with van der Waals surface area (Å²) in [6, 6.07) is 13.4. The molecule has 0 saturated heterocycles. The third-order valence-electron chi connectivity index (χ3n) is 3.97. The van der Waals surface area contributed by atoms with E-state index in [4.69, 9.17) is 16.2 Å². The van der Waals surface area contributed by atoms with Crippen LogP contribution < -0.4 is 11.5 Å². The van der Waals surface area contributed by atoms with Crippen molar-refractivity contribution in [3.8, 4) is 0 Å². The molecule has 132 valence electrons. The number of aryl methyl sites for hydroxylation is 1. The minimum atomic E-state index is -0.396. The smallest absolute Gasteiger partial charge is 0.331 e. The number of hydrogen-bond donors (Lipinski definition) is 2. The molecule has 0 amide bonds. The van der Waals surface area contributed by atoms with Crippen LogP contribution in [0, 0.1) is 0 Å². The first kappa shape index (κ1) is 18.6. The van der Waals surface area contributed by atoms with Gasteiger partial charge in [0.1, 0.15) is 6.61 Å². The zero-order valence-corrected chi connectivity index (χ0v) is 14.7. The average Bonchev–Trinajstić information content (AvgIpc) is 2.60. The molecule has 4 nitrogen and oxygen atoms in total. The summed E-state index contributed by atoms with van der Waals surface area (Å²) >= 11 is 0. The third-order valence-corrected chi connectivity index (χ3v) is 3.97. The van der Waals surface area contributed by atoms with E-state index in [0.29, 0.717) is 11.4 Å². The summed E-state index contributed by atoms with van der Waals surface area (Å²) in [7, 11) is 0. The van der Waals surface area contributed by atoms with Crippen molar-refractivity contribution in [2.24, 2.45) is 0 Å². The van der Waals surface area contributed by atoms with Crippen molar-refractivity contribution < 1.29 is 9.53 Å². The number of nitrogens with two attached hydrogens (primary N) is 2. The molecule has 0 heterocycles. The largest absolute Gasteiger partial charge is 0.458 e. The first-order valence-electron chi connectivity index (χ1n) is 8.66. The molecule has 4 heteroatoms. The molecule has 0 atom stereocenters. The number of rotatable bonds is 8. The van der Waals surface area contributed by atoms with Gasteiger partial charge in [0.05, 0.1) is 0 Å². The number of benzene rings is 2. The van der Waals surface area contributed by atoms with E-state index in [-0.39, 0.29) is 6.61 Å². The molecule has 25 heavy (non-hydrogen) atoms. The molecule has 0 aliphatic heterocycles. The molecule has 0 aromatic heterocycles. The second kappa shape index (κ2) is 9.52. The third kappa shape index (κ3) is 6.34. The SMILES string of the molecule is CCCCCc1cccc(C=CC(=O)OCc2ccc(N)cc2N)c1. The second-order valence-electron chi connectivity index (χ2n) is 6.10. The lowest BCUT2D eigenvalue weighted by atomic mass is 10.0. The van der Waals surface area contributed by atoms with Crippen molar-refractivity contribution in [3.05, 3.63) is 65.2 Å². The zero-order valence-electron chi connectivity index (χ0n) is 14.7. The van der Waals surface area contributed by atoms with Crippen LogP contribution in [0.25, 0.3) is 6.08 Å². The van der Waals surface area contributed by atoms with E-state index in [2.05, 4.69) is 19.1 Å². The van der Waals surface area contributed by atoms with Crippen LogP contribution in [-0.4, -0.2) is 5.97 Å². The summed E-state index contributed by atoms with van der Waals surface area (Å²) in [5.41, 5.74) is 15.6. The van der Waals surface area contributed by atoms with Crippen LogP contribution in [0.2, 0.25) is 0 Å². The van der Waals surface area contributed by atoms with Crippen LogP contribution in [0.15, 0.2) is 48.5 Å². The second-order valence-corrected chi connectivity index (χ2v) is 6.10. The summed E-state index contributed by atoms with van der Waals surface area (Å²) in [4.78, 5) is 11.9. The Kier molecular flexibility index (Phi) is 7.08. The summed E-state index contributed by atoms with van der Waals surface area (Å²) < 4.78 is 5.23. The molecular formula is C21H26N2O2. The van der Waals surface area contributed by atoms with Gasteiger partial charge in [-0.05, 0) is 42.2 Å².